The molecule has 0 aliphatic heterocycles. The molecule has 222 valence electrons. The molecule has 8 heteroatoms. The molecule has 2 nitrogen and oxygen atoms in total. The van der Waals surface area contributed by atoms with E-state index in [-0.39, 0.29) is 12.4 Å². The second-order valence-electron chi connectivity index (χ2n) is 10.1. The lowest BCUT2D eigenvalue weighted by atomic mass is 10.1. The molecule has 1 aromatic carbocycles. The van der Waals surface area contributed by atoms with E-state index in [1.54, 1.807) is 0 Å². The van der Waals surface area contributed by atoms with Crippen LogP contribution in [0, 0.1) is 0 Å². The van der Waals surface area contributed by atoms with Crippen molar-refractivity contribution in [3.05, 3.63) is 35.9 Å². The zero-order valence-corrected chi connectivity index (χ0v) is 25.8. The summed E-state index contributed by atoms with van der Waals surface area (Å²) in [5.41, 5.74) is 1.46. The van der Waals surface area contributed by atoms with Crippen LogP contribution in [0.15, 0.2) is 30.3 Å². The summed E-state index contributed by atoms with van der Waals surface area (Å²) in [4.78, 5) is 0. The van der Waals surface area contributed by atoms with Crippen LogP contribution in [0.2, 0.25) is 0 Å². The van der Waals surface area contributed by atoms with E-state index in [2.05, 4.69) is 78.8 Å². The third-order valence-electron chi connectivity index (χ3n) is 7.32. The summed E-state index contributed by atoms with van der Waals surface area (Å²) in [6.45, 7) is 26.7. The first kappa shape index (κ1) is 40.7. The number of unbranched alkanes of at least 4 members (excludes halogenated alkanes) is 4. The molecule has 0 spiro atoms. The first-order valence-electron chi connectivity index (χ1n) is 14.6. The van der Waals surface area contributed by atoms with Crippen LogP contribution in [-0.2, 0) is 6.54 Å². The van der Waals surface area contributed by atoms with Gasteiger partial charge < -0.3 is 38.6 Å². The molecule has 0 amide bonds. The van der Waals surface area contributed by atoms with Crippen LogP contribution in [-0.4, -0.2) is 62.0 Å². The normalized spacial score (nSPS) is 11.5. The number of benzene rings is 1. The van der Waals surface area contributed by atoms with Gasteiger partial charge in [0, 0.05) is 5.56 Å². The Bertz CT molecular complexity index is 548. The highest BCUT2D eigenvalue weighted by atomic mass is 35.5. The minimum absolute atomic E-state index is 0. The van der Waals surface area contributed by atoms with Gasteiger partial charge in [-0.05, 0) is 46.5 Å². The van der Waals surface area contributed by atoms with E-state index in [1.807, 2.05) is 0 Å². The Morgan fingerprint density at radius 3 is 1.08 bits per heavy atom. The summed E-state index contributed by atoms with van der Waals surface area (Å²) in [6, 6.07) is 10.8. The van der Waals surface area contributed by atoms with E-state index in [4.69, 9.17) is 0 Å². The minimum atomic E-state index is -6.00. The lowest BCUT2D eigenvalue weighted by Gasteiger charge is -2.39. The van der Waals surface area contributed by atoms with Crippen LogP contribution in [0.5, 0.6) is 0 Å². The van der Waals surface area contributed by atoms with E-state index < -0.39 is 7.25 Å². The monoisotopic (exact) mass is 556 g/mol. The minimum Gasteiger partial charge on any atom is -1.00 e. The molecular weight excluding hydrogens is 499 g/mol. The van der Waals surface area contributed by atoms with Crippen molar-refractivity contribution in [1.82, 2.24) is 0 Å². The number of halogens is 5. The maximum atomic E-state index is 9.75. The Labute approximate surface area is 233 Å². The maximum absolute atomic E-state index is 9.75. The number of nitrogens with zero attached hydrogens (tertiary/aromatic N) is 2. The quantitative estimate of drug-likeness (QED) is 0.119. The lowest BCUT2D eigenvalue weighted by molar-refractivity contribution is -0.936. The van der Waals surface area contributed by atoms with E-state index in [0.717, 1.165) is 0 Å². The van der Waals surface area contributed by atoms with Crippen molar-refractivity contribution >= 4 is 7.25 Å². The van der Waals surface area contributed by atoms with Crippen molar-refractivity contribution in [2.75, 3.05) is 45.8 Å². The molecule has 37 heavy (non-hydrogen) atoms. The predicted molar refractivity (Wildman–Crippen MR) is 152 cm³/mol. The molecule has 0 aromatic heterocycles. The summed E-state index contributed by atoms with van der Waals surface area (Å²) in [5.74, 6) is 0. The van der Waals surface area contributed by atoms with E-state index >= 15 is 0 Å². The number of quaternary nitrogens is 2. The average Bonchev–Trinajstić information content (AvgIpc) is 2.86. The van der Waals surface area contributed by atoms with Crippen LogP contribution in [0.1, 0.15) is 105 Å². The van der Waals surface area contributed by atoms with Crippen LogP contribution in [0.4, 0.5) is 17.3 Å². The van der Waals surface area contributed by atoms with Gasteiger partial charge in [0.15, 0.2) is 0 Å². The summed E-state index contributed by atoms with van der Waals surface area (Å²) >= 11 is 0. The summed E-state index contributed by atoms with van der Waals surface area (Å²) < 4.78 is 41.6. The fourth-order valence-electron chi connectivity index (χ4n) is 4.62. The van der Waals surface area contributed by atoms with Crippen molar-refractivity contribution in [1.29, 1.82) is 0 Å². The Hall–Kier alpha value is -0.785. The largest absolute Gasteiger partial charge is 1.00 e. The Kier molecular flexibility index (Phi) is 26.7. The highest BCUT2D eigenvalue weighted by Gasteiger charge is 2.25. The van der Waals surface area contributed by atoms with Gasteiger partial charge in [-0.3, -0.25) is 0 Å². The molecule has 0 fully saturated rings. The Balaban J connectivity index is -0.000000521. The topological polar surface area (TPSA) is 0 Å². The highest BCUT2D eigenvalue weighted by Crippen LogP contribution is 2.16. The molecular formula is C29H58BClF4N2. The van der Waals surface area contributed by atoms with Gasteiger partial charge in [-0.1, -0.05) is 83.7 Å². The third kappa shape index (κ3) is 22.9. The fraction of sp³-hybridized carbons (Fsp3) is 0.793. The van der Waals surface area contributed by atoms with Crippen molar-refractivity contribution in [3.8, 4) is 0 Å². The molecule has 0 saturated heterocycles. The van der Waals surface area contributed by atoms with Gasteiger partial charge in [0.05, 0.1) is 45.8 Å². The van der Waals surface area contributed by atoms with Crippen molar-refractivity contribution < 1.29 is 38.6 Å². The SMILES string of the molecule is CCCC[N+](CCCC)(CCCC)CCCC.CC[N+](CC)(CC)Cc1ccccc1.F[B-](F)(F)F.[Cl-]. The summed E-state index contributed by atoms with van der Waals surface area (Å²) in [5, 5.41) is 0. The van der Waals surface area contributed by atoms with Gasteiger partial charge in [0.2, 0.25) is 0 Å². The molecule has 0 N–H and O–H groups in total. The second-order valence-corrected chi connectivity index (χ2v) is 10.1. The first-order valence-corrected chi connectivity index (χ1v) is 14.6. The number of rotatable bonds is 17. The molecule has 1 aromatic rings. The molecule has 0 aliphatic rings. The molecule has 0 atom stereocenters. The summed E-state index contributed by atoms with van der Waals surface area (Å²) in [6.07, 6.45) is 11.1. The third-order valence-corrected chi connectivity index (χ3v) is 7.32. The lowest BCUT2D eigenvalue weighted by Crippen LogP contribution is -3.00. The summed E-state index contributed by atoms with van der Waals surface area (Å²) in [7, 11) is -6.00. The van der Waals surface area contributed by atoms with Gasteiger partial charge in [-0.2, -0.15) is 0 Å². The van der Waals surface area contributed by atoms with E-state index in [1.165, 1.54) is 118 Å². The highest BCUT2D eigenvalue weighted by molar-refractivity contribution is 6.50. The zero-order valence-electron chi connectivity index (χ0n) is 25.1. The van der Waals surface area contributed by atoms with Crippen LogP contribution < -0.4 is 12.4 Å². The van der Waals surface area contributed by atoms with Crippen molar-refractivity contribution in [2.24, 2.45) is 0 Å². The molecule has 0 saturated carbocycles. The van der Waals surface area contributed by atoms with Gasteiger partial charge in [-0.15, -0.1) is 0 Å². The van der Waals surface area contributed by atoms with Gasteiger partial charge in [0.1, 0.15) is 6.54 Å². The molecule has 0 radical (unpaired) electrons. The fourth-order valence-corrected chi connectivity index (χ4v) is 4.62. The van der Waals surface area contributed by atoms with Gasteiger partial charge in [-0.25, -0.2) is 0 Å². The molecule has 1 rings (SSSR count). The molecule has 0 aliphatic carbocycles. The standard InChI is InChI=1S/C16H36N.C13H22N.BF4.ClH/c1-5-9-13-17(14-10-6-2,15-11-7-3)16-12-8-4;1-4-14(5-2,6-3)12-13-10-8-7-9-11-13;2-1(3,4)5;/h5-16H2,1-4H3;7-11H,4-6,12H2,1-3H3;;1H/q2*+1;-1;/p-1. The number of hydrogen-bond acceptors (Lipinski definition) is 0. The zero-order chi connectivity index (χ0) is 27.9. The van der Waals surface area contributed by atoms with Crippen LogP contribution in [0.3, 0.4) is 0 Å². The maximum Gasteiger partial charge on any atom is 0.673 e. The predicted octanol–water partition coefficient (Wildman–Crippen LogP) is 6.37. The van der Waals surface area contributed by atoms with Crippen LogP contribution >= 0.6 is 0 Å². The average molecular weight is 557 g/mol. The van der Waals surface area contributed by atoms with Crippen molar-refractivity contribution in [3.63, 3.8) is 0 Å². The molecule has 0 heterocycles. The Morgan fingerprint density at radius 1 is 0.541 bits per heavy atom. The van der Waals surface area contributed by atoms with E-state index in [0.29, 0.717) is 0 Å². The smallest absolute Gasteiger partial charge is 0.673 e. The van der Waals surface area contributed by atoms with E-state index in [9.17, 15) is 17.3 Å². The molecule has 0 unspecified atom stereocenters. The first-order chi connectivity index (χ1) is 17.0. The number of hydrogen-bond donors (Lipinski definition) is 0. The second kappa shape index (κ2) is 24.3. The van der Waals surface area contributed by atoms with Gasteiger partial charge in [0.25, 0.3) is 0 Å². The Morgan fingerprint density at radius 2 is 0.838 bits per heavy atom. The molecule has 0 bridgehead atoms. The van der Waals surface area contributed by atoms with Gasteiger partial charge >= 0.3 is 7.25 Å². The van der Waals surface area contributed by atoms with Crippen LogP contribution in [0.25, 0.3) is 0 Å². The van der Waals surface area contributed by atoms with Crippen molar-refractivity contribution in [2.45, 2.75) is 106 Å².